The Kier molecular flexibility index (Phi) is 9.86. The van der Waals surface area contributed by atoms with E-state index in [0.717, 1.165) is 54.5 Å². The molecule has 0 bridgehead atoms. The number of Topliss-reactive ketones (excluding diaryl/α,β-unsaturated/α-hetero) is 1. The van der Waals surface area contributed by atoms with Crippen molar-refractivity contribution < 1.29 is 14.4 Å². The Balaban J connectivity index is 0.00000380. The number of amides is 2. The number of unbranched alkanes of at least 4 members (excludes halogenated alkanes) is 2. The fourth-order valence-corrected chi connectivity index (χ4v) is 5.15. The van der Waals surface area contributed by atoms with Crippen molar-refractivity contribution in [2.24, 2.45) is 0 Å². The molecule has 1 aliphatic carbocycles. The number of benzene rings is 2. The minimum absolute atomic E-state index is 0. The molecule has 0 aromatic heterocycles. The highest BCUT2D eigenvalue weighted by molar-refractivity contribution is 6.00. The van der Waals surface area contributed by atoms with Crippen LogP contribution in [-0.4, -0.2) is 54.3 Å². The lowest BCUT2D eigenvalue weighted by molar-refractivity contribution is -0.145. The number of hydrogen-bond acceptors (Lipinski definition) is 5. The molecule has 0 unspecified atom stereocenters. The Morgan fingerprint density at radius 1 is 1.00 bits per heavy atom. The van der Waals surface area contributed by atoms with Gasteiger partial charge in [-0.2, -0.15) is 0 Å². The van der Waals surface area contributed by atoms with Gasteiger partial charge in [-0.1, -0.05) is 57.5 Å². The molecule has 7 nitrogen and oxygen atoms in total. The molecule has 37 heavy (non-hydrogen) atoms. The second kappa shape index (κ2) is 12.9. The van der Waals surface area contributed by atoms with Gasteiger partial charge >= 0.3 is 0 Å². The fourth-order valence-electron chi connectivity index (χ4n) is 5.15. The summed E-state index contributed by atoms with van der Waals surface area (Å²) in [7, 11) is 1.79. The fraction of sp³-hybridized carbons (Fsp3) is 0.500. The first-order chi connectivity index (χ1) is 17.4. The second-order valence-corrected chi connectivity index (χ2v) is 9.99. The summed E-state index contributed by atoms with van der Waals surface area (Å²) in [6.45, 7) is 6.24. The smallest absolute Gasteiger partial charge is 0.256 e. The van der Waals surface area contributed by atoms with Crippen LogP contribution >= 0.6 is 0 Å². The van der Waals surface area contributed by atoms with Crippen LogP contribution in [0.1, 0.15) is 79.1 Å². The van der Waals surface area contributed by atoms with Crippen LogP contribution in [0.25, 0.3) is 0 Å². The lowest BCUT2D eigenvalue weighted by Crippen LogP contribution is -2.48. The van der Waals surface area contributed by atoms with E-state index >= 15 is 0 Å². The highest BCUT2D eigenvalue weighted by Crippen LogP contribution is 2.30. The third-order valence-electron chi connectivity index (χ3n) is 7.29. The van der Waals surface area contributed by atoms with Gasteiger partial charge in [0, 0.05) is 44.4 Å². The van der Waals surface area contributed by atoms with Gasteiger partial charge in [-0.05, 0) is 54.5 Å². The summed E-state index contributed by atoms with van der Waals surface area (Å²) in [4.78, 5) is 40.8. The minimum Gasteiger partial charge on any atom is -0.355 e. The van der Waals surface area contributed by atoms with Crippen LogP contribution < -0.4 is 10.2 Å². The average molecular weight is 507 g/mol. The highest BCUT2D eigenvalue weighted by atomic mass is 16.2. The van der Waals surface area contributed by atoms with Gasteiger partial charge in [0.15, 0.2) is 5.78 Å². The van der Waals surface area contributed by atoms with E-state index in [2.05, 4.69) is 30.4 Å². The van der Waals surface area contributed by atoms with Gasteiger partial charge in [0.05, 0.1) is 13.1 Å². The molecular weight excluding hydrogens is 464 g/mol. The molecule has 4 rings (SSSR count). The molecule has 0 fully saturated rings. The Morgan fingerprint density at radius 2 is 1.70 bits per heavy atom. The van der Waals surface area contributed by atoms with Gasteiger partial charge in [0.25, 0.3) is 5.91 Å². The van der Waals surface area contributed by atoms with Crippen molar-refractivity contribution >= 4 is 23.3 Å². The van der Waals surface area contributed by atoms with Gasteiger partial charge in [-0.25, -0.2) is 5.01 Å². The molecule has 2 amide bonds. The van der Waals surface area contributed by atoms with Crippen LogP contribution in [0.15, 0.2) is 36.4 Å². The van der Waals surface area contributed by atoms with Crippen molar-refractivity contribution in [1.82, 2.24) is 15.3 Å². The zero-order chi connectivity index (χ0) is 25.7. The number of nitrogens with zero attached hydrogens (tertiary/aromatic N) is 3. The molecule has 2 aromatic rings. The van der Waals surface area contributed by atoms with E-state index in [1.807, 2.05) is 35.0 Å². The number of nitrogens with one attached hydrogen (secondary N) is 1. The lowest BCUT2D eigenvalue weighted by Gasteiger charge is -2.32. The number of hydrazine groups is 1. The molecule has 1 N–H and O–H groups in total. The molecular formula is C30H42N4O3. The van der Waals surface area contributed by atoms with Crippen molar-refractivity contribution in [3.63, 3.8) is 0 Å². The highest BCUT2D eigenvalue weighted by Gasteiger charge is 2.28. The predicted molar refractivity (Wildman–Crippen MR) is 148 cm³/mol. The maximum Gasteiger partial charge on any atom is 0.256 e. The van der Waals surface area contributed by atoms with Crippen molar-refractivity contribution in [3.8, 4) is 0 Å². The van der Waals surface area contributed by atoms with Crippen molar-refractivity contribution in [2.45, 2.75) is 72.9 Å². The molecule has 0 spiro atoms. The van der Waals surface area contributed by atoms with Gasteiger partial charge in [0.1, 0.15) is 0 Å². The van der Waals surface area contributed by atoms with Crippen molar-refractivity contribution in [1.29, 1.82) is 0 Å². The number of anilines is 1. The molecule has 200 valence electrons. The lowest BCUT2D eigenvalue weighted by atomic mass is 9.88. The van der Waals surface area contributed by atoms with Crippen LogP contribution in [0.3, 0.4) is 0 Å². The summed E-state index contributed by atoms with van der Waals surface area (Å²) in [6, 6.07) is 12.2. The first-order valence-electron chi connectivity index (χ1n) is 13.1. The largest absolute Gasteiger partial charge is 0.355 e. The van der Waals surface area contributed by atoms with E-state index in [4.69, 9.17) is 0 Å². The van der Waals surface area contributed by atoms with Gasteiger partial charge in [-0.15, -0.1) is 0 Å². The zero-order valence-electron chi connectivity index (χ0n) is 21.8. The van der Waals surface area contributed by atoms with Crippen molar-refractivity contribution in [2.75, 3.05) is 31.6 Å². The van der Waals surface area contributed by atoms with Crippen LogP contribution in [0.4, 0.5) is 5.69 Å². The van der Waals surface area contributed by atoms with Gasteiger partial charge in [-0.3, -0.25) is 19.4 Å². The Labute approximate surface area is 221 Å². The Hall–Kier alpha value is -3.19. The zero-order valence-corrected chi connectivity index (χ0v) is 21.8. The number of hydrogen-bond donors (Lipinski definition) is 1. The first-order valence-corrected chi connectivity index (χ1v) is 13.1. The van der Waals surface area contributed by atoms with E-state index in [9.17, 15) is 14.4 Å². The Bertz CT molecular complexity index is 1100. The number of carbonyl (C=O) groups is 3. The number of likely N-dealkylation sites (N-methyl/N-ethyl adjacent to an activating group) is 1. The molecule has 1 heterocycles. The quantitative estimate of drug-likeness (QED) is 0.475. The number of rotatable bonds is 10. The van der Waals surface area contributed by atoms with E-state index < -0.39 is 0 Å². The molecule has 2 aromatic carbocycles. The topological polar surface area (TPSA) is 73.0 Å². The molecule has 0 saturated carbocycles. The third-order valence-corrected chi connectivity index (χ3v) is 7.29. The summed E-state index contributed by atoms with van der Waals surface area (Å²) < 4.78 is 0. The predicted octanol–water partition coefficient (Wildman–Crippen LogP) is 4.65. The minimum atomic E-state index is -0.112. The van der Waals surface area contributed by atoms with Gasteiger partial charge in [0.2, 0.25) is 5.91 Å². The molecule has 0 radical (unpaired) electrons. The number of ketones is 1. The molecule has 2 aliphatic rings. The number of fused-ring (bicyclic) bond motifs is 2. The van der Waals surface area contributed by atoms with E-state index in [1.165, 1.54) is 11.1 Å². The van der Waals surface area contributed by atoms with Crippen molar-refractivity contribution in [3.05, 3.63) is 64.2 Å². The molecule has 7 heteroatoms. The summed E-state index contributed by atoms with van der Waals surface area (Å²) in [5, 5.41) is 6.69. The van der Waals surface area contributed by atoms with Crippen LogP contribution in [0, 0.1) is 6.92 Å². The third kappa shape index (κ3) is 6.77. The standard InChI is InChI=1S/C29H38N4O3.CH4/c1-4-5-8-14-30-28(35)19-32(26-16-25-22(15-21(26)2)12-9-13-27(25)34)20-29(36)31(3)33-17-23-10-6-7-11-24(23)18-33;/h6-7,10-11,15-16H,4-5,8-9,12-14,17-20H2,1-3H3,(H,30,35);1H4. The maximum absolute atomic E-state index is 13.5. The maximum atomic E-state index is 13.5. The normalized spacial score (nSPS) is 14.4. The van der Waals surface area contributed by atoms with Crippen LogP contribution in [0.2, 0.25) is 0 Å². The van der Waals surface area contributed by atoms with E-state index in [-0.39, 0.29) is 38.1 Å². The Morgan fingerprint density at radius 3 is 2.38 bits per heavy atom. The average Bonchev–Trinajstić information content (AvgIpc) is 3.30. The summed E-state index contributed by atoms with van der Waals surface area (Å²) in [5.41, 5.74) is 6.00. The molecule has 1 aliphatic heterocycles. The van der Waals surface area contributed by atoms with E-state index in [1.54, 1.807) is 12.1 Å². The second-order valence-electron chi connectivity index (χ2n) is 9.99. The number of carbonyl (C=O) groups excluding carboxylic acids is 3. The molecule has 0 atom stereocenters. The van der Waals surface area contributed by atoms with Crippen LogP contribution in [0.5, 0.6) is 0 Å². The summed E-state index contributed by atoms with van der Waals surface area (Å²) in [6.07, 6.45) is 5.40. The summed E-state index contributed by atoms with van der Waals surface area (Å²) >= 11 is 0. The molecule has 0 saturated heterocycles. The summed E-state index contributed by atoms with van der Waals surface area (Å²) in [5.74, 6) is -0.0663. The monoisotopic (exact) mass is 506 g/mol. The van der Waals surface area contributed by atoms with E-state index in [0.29, 0.717) is 26.1 Å². The van der Waals surface area contributed by atoms with Gasteiger partial charge < -0.3 is 10.2 Å². The SMILES string of the molecule is C.CCCCCNC(=O)CN(CC(=O)N(C)N1Cc2ccccc2C1)c1cc2c(cc1C)CCCC2=O. The number of aryl methyl sites for hydroxylation is 2. The first kappa shape index (κ1) is 28.4. The van der Waals surface area contributed by atoms with Crippen LogP contribution in [-0.2, 0) is 29.1 Å².